The smallest absolute Gasteiger partial charge is 0.264 e. The van der Waals surface area contributed by atoms with Crippen LogP contribution in [0.4, 0.5) is 0 Å². The summed E-state index contributed by atoms with van der Waals surface area (Å²) in [5.74, 6) is -0.124. The standard InChI is InChI=1S/C7H9NO2/c1-8-7(9)6-4-2-3-5-10-6/h2-6H,1H3,(H,8,9). The summed E-state index contributed by atoms with van der Waals surface area (Å²) in [6, 6.07) is 0. The van der Waals surface area contributed by atoms with Gasteiger partial charge in [0.15, 0.2) is 6.10 Å². The van der Waals surface area contributed by atoms with E-state index in [1.807, 2.05) is 0 Å². The molecule has 0 radical (unpaired) electrons. The van der Waals surface area contributed by atoms with Gasteiger partial charge in [0.25, 0.3) is 5.91 Å². The SMILES string of the molecule is CNC(=O)C1C=CC=CO1. The van der Waals surface area contributed by atoms with E-state index < -0.39 is 6.10 Å². The van der Waals surface area contributed by atoms with Crippen LogP contribution >= 0.6 is 0 Å². The monoisotopic (exact) mass is 139 g/mol. The Morgan fingerprint density at radius 2 is 2.40 bits per heavy atom. The number of likely N-dealkylation sites (N-methyl/N-ethyl adjacent to an activating group) is 1. The summed E-state index contributed by atoms with van der Waals surface area (Å²) < 4.78 is 4.95. The van der Waals surface area contributed by atoms with E-state index in [0.717, 1.165) is 0 Å². The van der Waals surface area contributed by atoms with Crippen LogP contribution in [0.2, 0.25) is 0 Å². The quantitative estimate of drug-likeness (QED) is 0.563. The Bertz CT molecular complexity index is 184. The minimum atomic E-state index is -0.449. The van der Waals surface area contributed by atoms with E-state index in [0.29, 0.717) is 0 Å². The molecule has 0 aromatic heterocycles. The number of nitrogens with one attached hydrogen (secondary N) is 1. The van der Waals surface area contributed by atoms with Gasteiger partial charge >= 0.3 is 0 Å². The zero-order valence-corrected chi connectivity index (χ0v) is 5.70. The minimum absolute atomic E-state index is 0.124. The molecule has 1 atom stereocenters. The summed E-state index contributed by atoms with van der Waals surface area (Å²) in [6.45, 7) is 0. The lowest BCUT2D eigenvalue weighted by Crippen LogP contribution is -2.31. The Balaban J connectivity index is 2.51. The zero-order valence-electron chi connectivity index (χ0n) is 5.70. The van der Waals surface area contributed by atoms with Crippen LogP contribution in [0.5, 0.6) is 0 Å². The first-order valence-corrected chi connectivity index (χ1v) is 3.05. The Morgan fingerprint density at radius 1 is 1.60 bits per heavy atom. The average molecular weight is 139 g/mol. The van der Waals surface area contributed by atoms with E-state index in [9.17, 15) is 4.79 Å². The number of carbonyl (C=O) groups is 1. The molecular weight excluding hydrogens is 130 g/mol. The predicted molar refractivity (Wildman–Crippen MR) is 37.2 cm³/mol. The molecule has 0 saturated heterocycles. The maximum Gasteiger partial charge on any atom is 0.264 e. The molecule has 54 valence electrons. The maximum absolute atomic E-state index is 10.8. The lowest BCUT2D eigenvalue weighted by molar-refractivity contribution is -0.127. The van der Waals surface area contributed by atoms with Crippen molar-refractivity contribution >= 4 is 5.91 Å². The normalized spacial score (nSPS) is 21.9. The van der Waals surface area contributed by atoms with Gasteiger partial charge in [-0.2, -0.15) is 0 Å². The fourth-order valence-electron chi connectivity index (χ4n) is 0.677. The third kappa shape index (κ3) is 1.37. The molecule has 1 unspecified atom stereocenters. The molecule has 0 aliphatic carbocycles. The van der Waals surface area contributed by atoms with Gasteiger partial charge in [0.05, 0.1) is 6.26 Å². The van der Waals surface area contributed by atoms with Crippen LogP contribution in [0.15, 0.2) is 24.5 Å². The van der Waals surface area contributed by atoms with Crippen LogP contribution in [0.3, 0.4) is 0 Å². The highest BCUT2D eigenvalue weighted by molar-refractivity contribution is 5.82. The van der Waals surface area contributed by atoms with Gasteiger partial charge in [0.1, 0.15) is 0 Å². The van der Waals surface area contributed by atoms with Crippen molar-refractivity contribution in [1.29, 1.82) is 0 Å². The van der Waals surface area contributed by atoms with Crippen molar-refractivity contribution in [3.63, 3.8) is 0 Å². The van der Waals surface area contributed by atoms with Crippen LogP contribution in [0.25, 0.3) is 0 Å². The molecule has 1 aliphatic heterocycles. The van der Waals surface area contributed by atoms with Crippen LogP contribution in [-0.4, -0.2) is 19.1 Å². The van der Waals surface area contributed by atoms with Gasteiger partial charge in [0.2, 0.25) is 0 Å². The summed E-state index contributed by atoms with van der Waals surface area (Å²) in [5.41, 5.74) is 0. The number of rotatable bonds is 1. The topological polar surface area (TPSA) is 38.3 Å². The van der Waals surface area contributed by atoms with Crippen molar-refractivity contribution in [2.45, 2.75) is 6.10 Å². The van der Waals surface area contributed by atoms with E-state index >= 15 is 0 Å². The van der Waals surface area contributed by atoms with E-state index in [-0.39, 0.29) is 5.91 Å². The van der Waals surface area contributed by atoms with Crippen LogP contribution < -0.4 is 5.32 Å². The highest BCUT2D eigenvalue weighted by Gasteiger charge is 2.13. The molecule has 1 N–H and O–H groups in total. The predicted octanol–water partition coefficient (Wildman–Crippen LogP) is 0.201. The molecule has 1 aliphatic rings. The van der Waals surface area contributed by atoms with Gasteiger partial charge < -0.3 is 10.1 Å². The van der Waals surface area contributed by atoms with Crippen molar-refractivity contribution in [3.8, 4) is 0 Å². The van der Waals surface area contributed by atoms with Crippen molar-refractivity contribution in [2.24, 2.45) is 0 Å². The summed E-state index contributed by atoms with van der Waals surface area (Å²) in [7, 11) is 1.58. The molecule has 0 aromatic rings. The molecular formula is C7H9NO2. The number of carbonyl (C=O) groups excluding carboxylic acids is 1. The fraction of sp³-hybridized carbons (Fsp3) is 0.286. The Hall–Kier alpha value is -1.25. The molecule has 0 fully saturated rings. The van der Waals surface area contributed by atoms with Gasteiger partial charge in [-0.1, -0.05) is 6.08 Å². The summed E-state index contributed by atoms with van der Waals surface area (Å²) in [6.07, 6.45) is 6.26. The molecule has 3 nitrogen and oxygen atoms in total. The van der Waals surface area contributed by atoms with E-state index in [1.165, 1.54) is 6.26 Å². The molecule has 10 heavy (non-hydrogen) atoms. The van der Waals surface area contributed by atoms with Crippen molar-refractivity contribution in [2.75, 3.05) is 7.05 Å². The molecule has 1 amide bonds. The van der Waals surface area contributed by atoms with Gasteiger partial charge in [-0.05, 0) is 12.2 Å². The first kappa shape index (κ1) is 6.86. The molecule has 0 bridgehead atoms. The van der Waals surface area contributed by atoms with E-state index in [1.54, 1.807) is 25.3 Å². The van der Waals surface area contributed by atoms with E-state index in [4.69, 9.17) is 4.74 Å². The summed E-state index contributed by atoms with van der Waals surface area (Å²) in [5, 5.41) is 2.49. The lowest BCUT2D eigenvalue weighted by atomic mass is 10.3. The van der Waals surface area contributed by atoms with E-state index in [2.05, 4.69) is 5.32 Å². The Labute approximate surface area is 59.4 Å². The lowest BCUT2D eigenvalue weighted by Gasteiger charge is -2.12. The van der Waals surface area contributed by atoms with Gasteiger partial charge in [-0.3, -0.25) is 4.79 Å². The molecule has 1 rings (SSSR count). The van der Waals surface area contributed by atoms with Gasteiger partial charge in [-0.15, -0.1) is 0 Å². The minimum Gasteiger partial charge on any atom is -0.484 e. The highest BCUT2D eigenvalue weighted by atomic mass is 16.5. The van der Waals surface area contributed by atoms with Crippen LogP contribution in [0, 0.1) is 0 Å². The molecule has 0 spiro atoms. The number of ether oxygens (including phenoxy) is 1. The summed E-state index contributed by atoms with van der Waals surface area (Å²) >= 11 is 0. The number of amides is 1. The van der Waals surface area contributed by atoms with Crippen LogP contribution in [-0.2, 0) is 9.53 Å². The number of hydrogen-bond acceptors (Lipinski definition) is 2. The fourth-order valence-corrected chi connectivity index (χ4v) is 0.677. The Kier molecular flexibility index (Phi) is 2.10. The Morgan fingerprint density at radius 3 is 2.90 bits per heavy atom. The van der Waals surface area contributed by atoms with Gasteiger partial charge in [-0.25, -0.2) is 0 Å². The molecule has 0 saturated carbocycles. The zero-order chi connectivity index (χ0) is 7.40. The number of hydrogen-bond donors (Lipinski definition) is 1. The first-order chi connectivity index (χ1) is 4.84. The second kappa shape index (κ2) is 3.06. The molecule has 3 heteroatoms. The van der Waals surface area contributed by atoms with Crippen molar-refractivity contribution in [1.82, 2.24) is 5.32 Å². The highest BCUT2D eigenvalue weighted by Crippen LogP contribution is 2.00. The van der Waals surface area contributed by atoms with Crippen LogP contribution in [0.1, 0.15) is 0 Å². The molecule has 1 heterocycles. The van der Waals surface area contributed by atoms with Crippen molar-refractivity contribution < 1.29 is 9.53 Å². The largest absolute Gasteiger partial charge is 0.484 e. The first-order valence-electron chi connectivity index (χ1n) is 3.05. The second-order valence-electron chi connectivity index (χ2n) is 1.88. The maximum atomic E-state index is 10.8. The third-order valence-electron chi connectivity index (χ3n) is 1.21. The average Bonchev–Trinajstić information content (AvgIpc) is 2.05. The molecule has 0 aromatic carbocycles. The summed E-state index contributed by atoms with van der Waals surface area (Å²) in [4.78, 5) is 10.8. The number of allylic oxidation sites excluding steroid dienone is 2. The second-order valence-corrected chi connectivity index (χ2v) is 1.88. The third-order valence-corrected chi connectivity index (χ3v) is 1.21. The van der Waals surface area contributed by atoms with Gasteiger partial charge in [0, 0.05) is 7.05 Å². The van der Waals surface area contributed by atoms with Crippen molar-refractivity contribution in [3.05, 3.63) is 24.5 Å².